The number of benzene rings is 1. The van der Waals surface area contributed by atoms with Gasteiger partial charge >= 0.3 is 5.97 Å². The Labute approximate surface area is 104 Å². The maximum Gasteiger partial charge on any atom is 0.337 e. The van der Waals surface area contributed by atoms with Gasteiger partial charge in [0, 0.05) is 11.6 Å². The predicted octanol–water partition coefficient (Wildman–Crippen LogP) is 1.30. The van der Waals surface area contributed by atoms with Crippen molar-refractivity contribution in [3.63, 3.8) is 0 Å². The van der Waals surface area contributed by atoms with Crippen molar-refractivity contribution < 1.29 is 18.3 Å². The lowest BCUT2D eigenvalue weighted by molar-refractivity contribution is 0.0698. The topological polar surface area (TPSA) is 95.5 Å². The lowest BCUT2D eigenvalue weighted by Gasteiger charge is -2.10. The quantitative estimate of drug-likeness (QED) is 0.756. The van der Waals surface area contributed by atoms with Crippen LogP contribution < -0.4 is 9.44 Å². The van der Waals surface area contributed by atoms with Gasteiger partial charge in [0.15, 0.2) is 0 Å². The van der Waals surface area contributed by atoms with Crippen molar-refractivity contribution in [1.29, 1.82) is 0 Å². The van der Waals surface area contributed by atoms with E-state index >= 15 is 0 Å². The first-order valence-electron chi connectivity index (χ1n) is 4.66. The monoisotopic (exact) mass is 278 g/mol. The van der Waals surface area contributed by atoms with E-state index in [0.717, 1.165) is 0 Å². The highest BCUT2D eigenvalue weighted by molar-refractivity contribution is 7.90. The molecule has 0 bridgehead atoms. The molecule has 0 spiro atoms. The molecule has 1 rings (SSSR count). The minimum Gasteiger partial charge on any atom is -0.478 e. The van der Waals surface area contributed by atoms with E-state index in [9.17, 15) is 13.2 Å². The Kier molecular flexibility index (Phi) is 4.33. The minimum absolute atomic E-state index is 0.0390. The second-order valence-corrected chi connectivity index (χ2v) is 5.03. The number of aromatic carboxylic acids is 1. The predicted molar refractivity (Wildman–Crippen MR) is 64.6 cm³/mol. The van der Waals surface area contributed by atoms with E-state index in [1.165, 1.54) is 18.2 Å². The third-order valence-electron chi connectivity index (χ3n) is 1.79. The van der Waals surface area contributed by atoms with E-state index in [1.54, 1.807) is 6.92 Å². The van der Waals surface area contributed by atoms with E-state index < -0.39 is 16.2 Å². The molecule has 0 saturated carbocycles. The summed E-state index contributed by atoms with van der Waals surface area (Å²) in [6.45, 7) is 1.81. The molecule has 1 aromatic rings. The van der Waals surface area contributed by atoms with Crippen molar-refractivity contribution in [2.75, 3.05) is 11.3 Å². The minimum atomic E-state index is -3.76. The standard InChI is InChI=1S/C9H11ClN2O4S/c1-2-11-17(15,16)12-8-4-3-6(10)5-7(8)9(13)14/h3-5,11-12H,2H2,1H3,(H,13,14). The molecule has 0 atom stereocenters. The van der Waals surface area contributed by atoms with Gasteiger partial charge in [-0.2, -0.15) is 13.1 Å². The van der Waals surface area contributed by atoms with Crippen LogP contribution in [0.1, 0.15) is 17.3 Å². The molecule has 8 heteroatoms. The van der Waals surface area contributed by atoms with Gasteiger partial charge in [0.1, 0.15) is 0 Å². The van der Waals surface area contributed by atoms with Crippen LogP contribution in [0.3, 0.4) is 0 Å². The SMILES string of the molecule is CCNS(=O)(=O)Nc1ccc(Cl)cc1C(=O)O. The van der Waals surface area contributed by atoms with Crippen LogP contribution in [0.4, 0.5) is 5.69 Å². The van der Waals surface area contributed by atoms with Crippen LogP contribution in [0.15, 0.2) is 18.2 Å². The summed E-state index contributed by atoms with van der Waals surface area (Å²) < 4.78 is 27.1. The highest BCUT2D eigenvalue weighted by Crippen LogP contribution is 2.21. The molecule has 0 radical (unpaired) electrons. The van der Waals surface area contributed by atoms with Gasteiger partial charge in [-0.15, -0.1) is 0 Å². The summed E-state index contributed by atoms with van der Waals surface area (Å²) >= 11 is 5.64. The molecule has 0 fully saturated rings. The normalized spacial score (nSPS) is 11.2. The van der Waals surface area contributed by atoms with Crippen molar-refractivity contribution >= 4 is 33.5 Å². The second-order valence-electron chi connectivity index (χ2n) is 3.10. The Morgan fingerprint density at radius 1 is 1.47 bits per heavy atom. The third kappa shape index (κ3) is 3.88. The Morgan fingerprint density at radius 2 is 2.12 bits per heavy atom. The van der Waals surface area contributed by atoms with Crippen molar-refractivity contribution in [1.82, 2.24) is 4.72 Å². The van der Waals surface area contributed by atoms with Gasteiger partial charge in [-0.25, -0.2) is 4.79 Å². The molecule has 0 saturated heterocycles. The maximum absolute atomic E-state index is 11.4. The summed E-state index contributed by atoms with van der Waals surface area (Å²) in [5.41, 5.74) is -0.248. The first-order chi connectivity index (χ1) is 7.85. The van der Waals surface area contributed by atoms with Gasteiger partial charge in [0.25, 0.3) is 10.2 Å². The number of carbonyl (C=O) groups is 1. The summed E-state index contributed by atoms with van der Waals surface area (Å²) in [4.78, 5) is 10.9. The van der Waals surface area contributed by atoms with Crippen LogP contribution in [0.5, 0.6) is 0 Å². The van der Waals surface area contributed by atoms with Crippen molar-refractivity contribution in [3.05, 3.63) is 28.8 Å². The van der Waals surface area contributed by atoms with Gasteiger partial charge < -0.3 is 5.11 Å². The molecular weight excluding hydrogens is 268 g/mol. The average Bonchev–Trinajstić information content (AvgIpc) is 2.20. The number of halogens is 1. The molecule has 0 aromatic heterocycles. The second kappa shape index (κ2) is 5.35. The zero-order chi connectivity index (χ0) is 13.1. The molecule has 0 aliphatic heterocycles. The zero-order valence-corrected chi connectivity index (χ0v) is 10.5. The van der Waals surface area contributed by atoms with E-state index in [-0.39, 0.29) is 22.8 Å². The molecule has 0 aliphatic carbocycles. The Morgan fingerprint density at radius 3 is 2.65 bits per heavy atom. The van der Waals surface area contributed by atoms with Crippen LogP contribution in [-0.2, 0) is 10.2 Å². The molecule has 0 unspecified atom stereocenters. The van der Waals surface area contributed by atoms with Gasteiger partial charge in [0.2, 0.25) is 0 Å². The highest BCUT2D eigenvalue weighted by atomic mass is 35.5. The van der Waals surface area contributed by atoms with Crippen molar-refractivity contribution in [2.24, 2.45) is 0 Å². The molecule has 94 valence electrons. The van der Waals surface area contributed by atoms with Gasteiger partial charge in [-0.05, 0) is 18.2 Å². The van der Waals surface area contributed by atoms with Crippen LogP contribution >= 0.6 is 11.6 Å². The number of carboxylic acid groups (broad SMARTS) is 1. The van der Waals surface area contributed by atoms with Gasteiger partial charge in [0.05, 0.1) is 11.3 Å². The Hall–Kier alpha value is -1.31. The molecule has 17 heavy (non-hydrogen) atoms. The van der Waals surface area contributed by atoms with Crippen molar-refractivity contribution in [3.8, 4) is 0 Å². The largest absolute Gasteiger partial charge is 0.478 e. The fourth-order valence-corrected chi connectivity index (χ4v) is 2.25. The number of anilines is 1. The van der Waals surface area contributed by atoms with E-state index in [0.29, 0.717) is 0 Å². The molecule has 1 aromatic carbocycles. The van der Waals surface area contributed by atoms with Crippen LogP contribution in [0, 0.1) is 0 Å². The summed E-state index contributed by atoms with van der Waals surface area (Å²) in [6.07, 6.45) is 0. The first-order valence-corrected chi connectivity index (χ1v) is 6.52. The number of carboxylic acids is 1. The molecular formula is C9H11ClN2O4S. The number of nitrogens with one attached hydrogen (secondary N) is 2. The summed E-state index contributed by atoms with van der Waals surface area (Å²) in [6, 6.07) is 3.87. The van der Waals surface area contributed by atoms with Crippen LogP contribution in [0.25, 0.3) is 0 Å². The fourth-order valence-electron chi connectivity index (χ4n) is 1.15. The summed E-state index contributed by atoms with van der Waals surface area (Å²) in [5, 5.41) is 9.12. The Balaban J connectivity index is 3.11. The van der Waals surface area contributed by atoms with Gasteiger partial charge in [-0.1, -0.05) is 18.5 Å². The Bertz CT molecular complexity index is 530. The van der Waals surface area contributed by atoms with E-state index in [2.05, 4.69) is 9.44 Å². The maximum atomic E-state index is 11.4. The smallest absolute Gasteiger partial charge is 0.337 e. The third-order valence-corrected chi connectivity index (χ3v) is 3.18. The van der Waals surface area contributed by atoms with Crippen molar-refractivity contribution in [2.45, 2.75) is 6.92 Å². The molecule has 0 aliphatic rings. The molecule has 0 amide bonds. The number of rotatable bonds is 5. The fraction of sp³-hybridized carbons (Fsp3) is 0.222. The molecule has 6 nitrogen and oxygen atoms in total. The summed E-state index contributed by atoms with van der Waals surface area (Å²) in [5.74, 6) is -1.26. The van der Waals surface area contributed by atoms with Crippen LogP contribution in [-0.4, -0.2) is 26.0 Å². The zero-order valence-electron chi connectivity index (χ0n) is 8.90. The number of hydrogen-bond acceptors (Lipinski definition) is 3. The lowest BCUT2D eigenvalue weighted by atomic mass is 10.2. The highest BCUT2D eigenvalue weighted by Gasteiger charge is 2.15. The molecule has 3 N–H and O–H groups in total. The lowest BCUT2D eigenvalue weighted by Crippen LogP contribution is -2.30. The average molecular weight is 279 g/mol. The molecule has 0 heterocycles. The van der Waals surface area contributed by atoms with E-state index in [1.807, 2.05) is 0 Å². The summed E-state index contributed by atoms with van der Waals surface area (Å²) in [7, 11) is -3.76. The first kappa shape index (κ1) is 13.8. The van der Waals surface area contributed by atoms with Gasteiger partial charge in [-0.3, -0.25) is 4.72 Å². The van der Waals surface area contributed by atoms with Crippen LogP contribution in [0.2, 0.25) is 5.02 Å². The van der Waals surface area contributed by atoms with E-state index in [4.69, 9.17) is 16.7 Å². The number of hydrogen-bond donors (Lipinski definition) is 3.